The van der Waals surface area contributed by atoms with Gasteiger partial charge in [-0.1, -0.05) is 0 Å². The molecule has 2 fully saturated rings. The van der Waals surface area contributed by atoms with Gasteiger partial charge in [0, 0.05) is 31.1 Å². The van der Waals surface area contributed by atoms with E-state index in [1.807, 2.05) is 11.8 Å². The van der Waals surface area contributed by atoms with Gasteiger partial charge in [0.1, 0.15) is 0 Å². The first-order valence-corrected chi connectivity index (χ1v) is 7.79. The second-order valence-corrected chi connectivity index (χ2v) is 7.36. The van der Waals surface area contributed by atoms with Crippen molar-refractivity contribution >= 4 is 30.1 Å². The molecule has 0 aliphatic carbocycles. The Balaban J connectivity index is 0.00000180. The van der Waals surface area contributed by atoms with Gasteiger partial charge in [-0.3, -0.25) is 4.79 Å². The minimum Gasteiger partial charge on any atom is -0.381 e. The van der Waals surface area contributed by atoms with Gasteiger partial charge in [-0.15, -0.1) is 12.4 Å². The number of hydrogen-bond acceptors (Lipinski definition) is 4. The van der Waals surface area contributed by atoms with Crippen molar-refractivity contribution in [1.82, 2.24) is 5.32 Å². The number of amides is 1. The maximum atomic E-state index is 12.4. The van der Waals surface area contributed by atoms with E-state index in [0.29, 0.717) is 19.8 Å². The van der Waals surface area contributed by atoms with Crippen molar-refractivity contribution in [1.29, 1.82) is 0 Å². The Hall–Kier alpha value is 0.0300. The number of nitrogens with one attached hydrogen (secondary N) is 1. The number of halogens is 1. The lowest BCUT2D eigenvalue weighted by Crippen LogP contribution is -2.51. The minimum atomic E-state index is -0.391. The Labute approximate surface area is 126 Å². The highest BCUT2D eigenvalue weighted by atomic mass is 35.5. The molecule has 2 aliphatic heterocycles. The minimum absolute atomic E-state index is 0. The summed E-state index contributed by atoms with van der Waals surface area (Å²) in [6.45, 7) is 4.72. The second-order valence-electron chi connectivity index (χ2n) is 5.68. The van der Waals surface area contributed by atoms with Gasteiger partial charge in [-0.25, -0.2) is 0 Å². The van der Waals surface area contributed by atoms with Gasteiger partial charge in [0.05, 0.1) is 5.41 Å². The van der Waals surface area contributed by atoms with Crippen LogP contribution in [-0.4, -0.2) is 42.7 Å². The van der Waals surface area contributed by atoms with Crippen LogP contribution in [0, 0.1) is 5.41 Å². The molecule has 2 saturated heterocycles. The van der Waals surface area contributed by atoms with Crippen molar-refractivity contribution in [2.45, 2.75) is 37.4 Å². The van der Waals surface area contributed by atoms with Crippen molar-refractivity contribution in [2.24, 2.45) is 11.1 Å². The van der Waals surface area contributed by atoms with E-state index in [-0.39, 0.29) is 23.1 Å². The lowest BCUT2D eigenvalue weighted by molar-refractivity contribution is -0.136. The van der Waals surface area contributed by atoms with E-state index in [1.54, 1.807) is 0 Å². The van der Waals surface area contributed by atoms with E-state index in [4.69, 9.17) is 10.5 Å². The largest absolute Gasteiger partial charge is 0.381 e. The van der Waals surface area contributed by atoms with E-state index in [1.165, 1.54) is 18.6 Å². The third-order valence-corrected chi connectivity index (χ3v) is 5.78. The molecular weight excluding hydrogens is 284 g/mol. The average molecular weight is 309 g/mol. The molecule has 1 amide bonds. The van der Waals surface area contributed by atoms with Crippen LogP contribution in [0.3, 0.4) is 0 Å². The topological polar surface area (TPSA) is 64.4 Å². The number of carbonyl (C=O) groups excluding carboxylic acids is 1. The molecule has 0 aromatic heterocycles. The molecule has 0 bridgehead atoms. The fourth-order valence-electron chi connectivity index (χ4n) is 2.72. The number of thioether (sulfide) groups is 1. The number of ether oxygens (including phenoxy) is 1. The molecule has 112 valence electrons. The molecule has 0 radical (unpaired) electrons. The summed E-state index contributed by atoms with van der Waals surface area (Å²) in [6, 6.07) is 0. The van der Waals surface area contributed by atoms with Crippen LogP contribution in [-0.2, 0) is 9.53 Å². The number of carbonyl (C=O) groups is 1. The molecule has 2 aliphatic rings. The third-order valence-electron chi connectivity index (χ3n) is 4.25. The van der Waals surface area contributed by atoms with Crippen molar-refractivity contribution < 1.29 is 9.53 Å². The standard InChI is InChI=1S/C13H24N2O2S.ClH/c1-12(3-2-8-18-12)10-15-11(16)13(9-14)4-6-17-7-5-13;/h2-10,14H2,1H3,(H,15,16);1H. The molecule has 0 aromatic carbocycles. The normalized spacial score (nSPS) is 29.6. The summed E-state index contributed by atoms with van der Waals surface area (Å²) >= 11 is 1.97. The Morgan fingerprint density at radius 3 is 2.58 bits per heavy atom. The molecular formula is C13H25ClN2O2S. The van der Waals surface area contributed by atoms with E-state index < -0.39 is 5.41 Å². The van der Waals surface area contributed by atoms with E-state index in [9.17, 15) is 4.79 Å². The predicted molar refractivity (Wildman–Crippen MR) is 81.9 cm³/mol. The van der Waals surface area contributed by atoms with Crippen molar-refractivity contribution in [3.8, 4) is 0 Å². The summed E-state index contributed by atoms with van der Waals surface area (Å²) in [6.07, 6.45) is 3.95. The molecule has 2 rings (SSSR count). The van der Waals surface area contributed by atoms with Gasteiger partial charge < -0.3 is 15.8 Å². The van der Waals surface area contributed by atoms with Crippen LogP contribution in [0.15, 0.2) is 0 Å². The first kappa shape index (κ1) is 17.1. The quantitative estimate of drug-likeness (QED) is 0.827. The zero-order valence-electron chi connectivity index (χ0n) is 11.6. The second kappa shape index (κ2) is 7.16. The number of rotatable bonds is 4. The molecule has 6 heteroatoms. The highest BCUT2D eigenvalue weighted by molar-refractivity contribution is 8.00. The molecule has 2 heterocycles. The predicted octanol–water partition coefficient (Wildman–Crippen LogP) is 1.57. The van der Waals surface area contributed by atoms with Crippen LogP contribution in [0.4, 0.5) is 0 Å². The van der Waals surface area contributed by atoms with Gasteiger partial charge in [0.15, 0.2) is 0 Å². The smallest absolute Gasteiger partial charge is 0.227 e. The van der Waals surface area contributed by atoms with Gasteiger partial charge in [0.25, 0.3) is 0 Å². The Kier molecular flexibility index (Phi) is 6.43. The SMILES string of the molecule is CC1(CNC(=O)C2(CN)CCOCC2)CCCS1.Cl. The number of hydrogen-bond donors (Lipinski definition) is 2. The Morgan fingerprint density at radius 2 is 2.05 bits per heavy atom. The zero-order valence-corrected chi connectivity index (χ0v) is 13.2. The molecule has 1 unspecified atom stereocenters. The maximum absolute atomic E-state index is 12.4. The molecule has 1 atom stereocenters. The van der Waals surface area contributed by atoms with Gasteiger partial charge >= 0.3 is 0 Å². The van der Waals surface area contributed by atoms with Gasteiger partial charge in [-0.2, -0.15) is 11.8 Å². The van der Waals surface area contributed by atoms with Crippen molar-refractivity contribution in [3.63, 3.8) is 0 Å². The molecule has 0 spiro atoms. The van der Waals surface area contributed by atoms with Crippen LogP contribution in [0.25, 0.3) is 0 Å². The van der Waals surface area contributed by atoms with E-state index >= 15 is 0 Å². The van der Waals surface area contributed by atoms with Crippen LogP contribution in [0.2, 0.25) is 0 Å². The van der Waals surface area contributed by atoms with Crippen LogP contribution < -0.4 is 11.1 Å². The summed E-state index contributed by atoms with van der Waals surface area (Å²) in [7, 11) is 0. The summed E-state index contributed by atoms with van der Waals surface area (Å²) in [5.41, 5.74) is 5.44. The molecule has 19 heavy (non-hydrogen) atoms. The average Bonchev–Trinajstić information content (AvgIpc) is 2.84. The lowest BCUT2D eigenvalue weighted by Gasteiger charge is -2.35. The highest BCUT2D eigenvalue weighted by Gasteiger charge is 2.40. The van der Waals surface area contributed by atoms with E-state index in [0.717, 1.165) is 19.4 Å². The van der Waals surface area contributed by atoms with Crippen LogP contribution in [0.5, 0.6) is 0 Å². The molecule has 4 nitrogen and oxygen atoms in total. The Morgan fingerprint density at radius 1 is 1.37 bits per heavy atom. The fraction of sp³-hybridized carbons (Fsp3) is 0.923. The highest BCUT2D eigenvalue weighted by Crippen LogP contribution is 2.37. The van der Waals surface area contributed by atoms with Crippen LogP contribution in [0.1, 0.15) is 32.6 Å². The lowest BCUT2D eigenvalue weighted by atomic mass is 9.79. The summed E-state index contributed by atoms with van der Waals surface area (Å²) in [5.74, 6) is 1.34. The van der Waals surface area contributed by atoms with Crippen molar-refractivity contribution in [2.75, 3.05) is 32.1 Å². The molecule has 0 aromatic rings. The van der Waals surface area contributed by atoms with Gasteiger partial charge in [0.2, 0.25) is 5.91 Å². The first-order chi connectivity index (χ1) is 8.60. The van der Waals surface area contributed by atoms with E-state index in [2.05, 4.69) is 12.2 Å². The maximum Gasteiger partial charge on any atom is 0.227 e. The first-order valence-electron chi connectivity index (χ1n) is 6.80. The monoisotopic (exact) mass is 308 g/mol. The molecule has 3 N–H and O–H groups in total. The van der Waals surface area contributed by atoms with Crippen LogP contribution >= 0.6 is 24.2 Å². The number of nitrogens with two attached hydrogens (primary N) is 1. The fourth-order valence-corrected chi connectivity index (χ4v) is 3.96. The van der Waals surface area contributed by atoms with Gasteiger partial charge in [-0.05, 0) is 38.4 Å². The Bertz CT molecular complexity index is 303. The van der Waals surface area contributed by atoms with Crippen molar-refractivity contribution in [3.05, 3.63) is 0 Å². The summed E-state index contributed by atoms with van der Waals surface area (Å²) < 4.78 is 5.55. The summed E-state index contributed by atoms with van der Waals surface area (Å²) in [4.78, 5) is 12.4. The summed E-state index contributed by atoms with van der Waals surface area (Å²) in [5, 5.41) is 3.13. The zero-order chi connectivity index (χ0) is 13.1. The third kappa shape index (κ3) is 4.00. The molecule has 0 saturated carbocycles.